The van der Waals surface area contributed by atoms with Crippen molar-refractivity contribution in [3.05, 3.63) is 53.9 Å². The van der Waals surface area contributed by atoms with Crippen LogP contribution in [-0.2, 0) is 11.2 Å². The molecule has 3 rings (SSSR count). The number of nitrogens with zero attached hydrogens (tertiary/aromatic N) is 2. The van der Waals surface area contributed by atoms with Gasteiger partial charge in [-0.05, 0) is 55.3 Å². The van der Waals surface area contributed by atoms with Crippen molar-refractivity contribution in [1.82, 2.24) is 4.98 Å². The van der Waals surface area contributed by atoms with E-state index in [4.69, 9.17) is 5.73 Å². The number of carbonyl (C=O) groups excluding carboxylic acids is 2. The Kier molecular flexibility index (Phi) is 4.86. The second kappa shape index (κ2) is 7.23. The molecule has 0 radical (unpaired) electrons. The van der Waals surface area contributed by atoms with E-state index < -0.39 is 0 Å². The number of pyridine rings is 1. The summed E-state index contributed by atoms with van der Waals surface area (Å²) in [6, 6.07) is 9.17. The Labute approximate surface area is 140 Å². The first-order valence-corrected chi connectivity index (χ1v) is 8.04. The summed E-state index contributed by atoms with van der Waals surface area (Å²) in [4.78, 5) is 30.1. The Balaban J connectivity index is 1.74. The van der Waals surface area contributed by atoms with E-state index in [1.165, 1.54) is 0 Å². The number of rotatable bonds is 5. The van der Waals surface area contributed by atoms with Gasteiger partial charge >= 0.3 is 0 Å². The van der Waals surface area contributed by atoms with Crippen LogP contribution in [0.2, 0.25) is 0 Å². The fourth-order valence-corrected chi connectivity index (χ4v) is 2.82. The lowest BCUT2D eigenvalue weighted by Crippen LogP contribution is -2.28. The van der Waals surface area contributed by atoms with Crippen LogP contribution in [-0.4, -0.2) is 29.9 Å². The molecule has 2 amide bonds. The van der Waals surface area contributed by atoms with Gasteiger partial charge in [0.25, 0.3) is 5.91 Å². The van der Waals surface area contributed by atoms with E-state index >= 15 is 0 Å². The summed E-state index contributed by atoms with van der Waals surface area (Å²) in [5.41, 5.74) is 8.69. The number of hydrogen-bond acceptors (Lipinski definition) is 4. The first-order chi connectivity index (χ1) is 11.7. The number of anilines is 2. The molecule has 24 heavy (non-hydrogen) atoms. The Morgan fingerprint density at radius 2 is 2.17 bits per heavy atom. The normalized spacial score (nSPS) is 12.8. The molecule has 1 aliphatic rings. The third kappa shape index (κ3) is 3.44. The molecule has 6 heteroatoms. The van der Waals surface area contributed by atoms with Gasteiger partial charge in [-0.25, -0.2) is 0 Å². The molecule has 0 aliphatic carbocycles. The van der Waals surface area contributed by atoms with E-state index in [0.29, 0.717) is 31.5 Å². The highest BCUT2D eigenvalue weighted by atomic mass is 16.2. The van der Waals surface area contributed by atoms with Crippen molar-refractivity contribution < 1.29 is 9.59 Å². The zero-order chi connectivity index (χ0) is 16.9. The van der Waals surface area contributed by atoms with Gasteiger partial charge in [0.15, 0.2) is 0 Å². The molecule has 0 spiro atoms. The SMILES string of the molecule is NCCCC(=O)Nc1ccc2c(c1)CCN2C(=O)c1cccnc1. The highest BCUT2D eigenvalue weighted by molar-refractivity contribution is 6.07. The molecule has 0 bridgehead atoms. The van der Waals surface area contributed by atoms with Crippen LogP contribution in [0, 0.1) is 0 Å². The highest BCUT2D eigenvalue weighted by Crippen LogP contribution is 2.31. The Bertz CT molecular complexity index is 746. The lowest BCUT2D eigenvalue weighted by Gasteiger charge is -2.17. The average molecular weight is 324 g/mol. The van der Waals surface area contributed by atoms with Crippen LogP contribution in [0.25, 0.3) is 0 Å². The standard InChI is InChI=1S/C18H20N4O2/c19-8-1-4-17(23)21-15-5-6-16-13(11-15)7-10-22(16)18(24)14-3-2-9-20-12-14/h2-3,5-6,9,11-12H,1,4,7-8,10,19H2,(H,21,23). The molecular weight excluding hydrogens is 304 g/mol. The van der Waals surface area contributed by atoms with Crippen LogP contribution < -0.4 is 16.0 Å². The Morgan fingerprint density at radius 1 is 1.29 bits per heavy atom. The number of amides is 2. The molecular formula is C18H20N4O2. The summed E-state index contributed by atoms with van der Waals surface area (Å²) in [6.07, 6.45) is 5.08. The van der Waals surface area contributed by atoms with Crippen molar-refractivity contribution in [3.63, 3.8) is 0 Å². The van der Waals surface area contributed by atoms with Crippen molar-refractivity contribution in [1.29, 1.82) is 0 Å². The van der Waals surface area contributed by atoms with Crippen molar-refractivity contribution in [3.8, 4) is 0 Å². The van der Waals surface area contributed by atoms with E-state index in [2.05, 4.69) is 10.3 Å². The number of carbonyl (C=O) groups is 2. The maximum absolute atomic E-state index is 12.6. The lowest BCUT2D eigenvalue weighted by molar-refractivity contribution is -0.116. The quantitative estimate of drug-likeness (QED) is 0.880. The third-order valence-corrected chi connectivity index (χ3v) is 4.02. The number of fused-ring (bicyclic) bond motifs is 1. The molecule has 124 valence electrons. The number of hydrogen-bond donors (Lipinski definition) is 2. The molecule has 6 nitrogen and oxygen atoms in total. The van der Waals surface area contributed by atoms with E-state index in [1.807, 2.05) is 18.2 Å². The Hall–Kier alpha value is -2.73. The monoisotopic (exact) mass is 324 g/mol. The highest BCUT2D eigenvalue weighted by Gasteiger charge is 2.25. The molecule has 2 heterocycles. The second-order valence-corrected chi connectivity index (χ2v) is 5.73. The van der Waals surface area contributed by atoms with Crippen LogP contribution in [0.5, 0.6) is 0 Å². The molecule has 0 unspecified atom stereocenters. The molecule has 1 aromatic heterocycles. The number of nitrogens with two attached hydrogens (primary N) is 1. The van der Waals surface area contributed by atoms with E-state index in [0.717, 1.165) is 23.4 Å². The largest absolute Gasteiger partial charge is 0.330 e. The first-order valence-electron chi connectivity index (χ1n) is 8.04. The van der Waals surface area contributed by atoms with Gasteiger partial charge in [0.2, 0.25) is 5.91 Å². The minimum absolute atomic E-state index is 0.0401. The van der Waals surface area contributed by atoms with Gasteiger partial charge in [-0.1, -0.05) is 0 Å². The van der Waals surface area contributed by atoms with Crippen molar-refractivity contribution >= 4 is 23.2 Å². The van der Waals surface area contributed by atoms with Gasteiger partial charge in [-0.15, -0.1) is 0 Å². The minimum atomic E-state index is -0.0541. The maximum Gasteiger partial charge on any atom is 0.259 e. The van der Waals surface area contributed by atoms with Gasteiger partial charge in [0.05, 0.1) is 5.56 Å². The summed E-state index contributed by atoms with van der Waals surface area (Å²) in [5.74, 6) is -0.0942. The predicted molar refractivity (Wildman–Crippen MR) is 93.0 cm³/mol. The van der Waals surface area contributed by atoms with E-state index in [9.17, 15) is 9.59 Å². The molecule has 1 aliphatic heterocycles. The molecule has 0 atom stereocenters. The minimum Gasteiger partial charge on any atom is -0.330 e. The molecule has 0 saturated heterocycles. The van der Waals surface area contributed by atoms with Crippen molar-refractivity contribution in [2.45, 2.75) is 19.3 Å². The predicted octanol–water partition coefficient (Wildman–Crippen LogP) is 1.96. The summed E-state index contributed by atoms with van der Waals surface area (Å²) in [6.45, 7) is 1.14. The molecule has 0 fully saturated rings. The maximum atomic E-state index is 12.6. The topological polar surface area (TPSA) is 88.3 Å². The van der Waals surface area contributed by atoms with Gasteiger partial charge in [0, 0.05) is 36.7 Å². The van der Waals surface area contributed by atoms with E-state index in [1.54, 1.807) is 29.4 Å². The smallest absolute Gasteiger partial charge is 0.259 e. The molecule has 3 N–H and O–H groups in total. The lowest BCUT2D eigenvalue weighted by atomic mass is 10.1. The Morgan fingerprint density at radius 3 is 2.92 bits per heavy atom. The van der Waals surface area contributed by atoms with Gasteiger partial charge in [-0.2, -0.15) is 0 Å². The van der Waals surface area contributed by atoms with Gasteiger partial charge in [0.1, 0.15) is 0 Å². The van der Waals surface area contributed by atoms with Crippen LogP contribution in [0.3, 0.4) is 0 Å². The summed E-state index contributed by atoms with van der Waals surface area (Å²) >= 11 is 0. The summed E-state index contributed by atoms with van der Waals surface area (Å²) in [5, 5.41) is 2.87. The fourth-order valence-electron chi connectivity index (χ4n) is 2.82. The van der Waals surface area contributed by atoms with Crippen molar-refractivity contribution in [2.75, 3.05) is 23.3 Å². The summed E-state index contributed by atoms with van der Waals surface area (Å²) < 4.78 is 0. The van der Waals surface area contributed by atoms with Crippen molar-refractivity contribution in [2.24, 2.45) is 5.73 Å². The van der Waals surface area contributed by atoms with E-state index in [-0.39, 0.29) is 11.8 Å². The van der Waals surface area contributed by atoms with Crippen LogP contribution >= 0.6 is 0 Å². The van der Waals surface area contributed by atoms with Gasteiger partial charge in [-0.3, -0.25) is 14.6 Å². The average Bonchev–Trinajstić information content (AvgIpc) is 3.03. The molecule has 0 saturated carbocycles. The number of aromatic nitrogens is 1. The third-order valence-electron chi connectivity index (χ3n) is 4.02. The van der Waals surface area contributed by atoms with Gasteiger partial charge < -0.3 is 16.0 Å². The molecule has 1 aromatic carbocycles. The zero-order valence-corrected chi connectivity index (χ0v) is 13.4. The number of benzene rings is 1. The molecule has 2 aromatic rings. The first kappa shape index (κ1) is 16.1. The zero-order valence-electron chi connectivity index (χ0n) is 13.4. The second-order valence-electron chi connectivity index (χ2n) is 5.73. The van der Waals surface area contributed by atoms with Crippen LogP contribution in [0.15, 0.2) is 42.7 Å². The van der Waals surface area contributed by atoms with Crippen LogP contribution in [0.4, 0.5) is 11.4 Å². The number of nitrogens with one attached hydrogen (secondary N) is 1. The fraction of sp³-hybridized carbons (Fsp3) is 0.278. The van der Waals surface area contributed by atoms with Crippen LogP contribution in [0.1, 0.15) is 28.8 Å². The summed E-state index contributed by atoms with van der Waals surface area (Å²) in [7, 11) is 0.